The molecule has 0 amide bonds. The Morgan fingerprint density at radius 2 is 0.828 bits per heavy atom. The van der Waals surface area contributed by atoms with E-state index in [1.54, 1.807) is 50.2 Å². The summed E-state index contributed by atoms with van der Waals surface area (Å²) in [5.74, 6) is -2.01. The summed E-state index contributed by atoms with van der Waals surface area (Å²) in [6.45, 7) is 3.45. The zero-order valence-electron chi connectivity index (χ0n) is 29.5. The molecule has 4 aromatic rings. The van der Waals surface area contributed by atoms with Crippen LogP contribution in [0.3, 0.4) is 0 Å². The van der Waals surface area contributed by atoms with Crippen molar-refractivity contribution in [2.45, 2.75) is 33.4 Å². The number of hydrogen-bond acceptors (Lipinski definition) is 16. The first-order valence-corrected chi connectivity index (χ1v) is 21.7. The summed E-state index contributed by atoms with van der Waals surface area (Å²) in [6.07, 6.45) is 4.44. The van der Waals surface area contributed by atoms with Crippen LogP contribution in [0.25, 0.3) is 23.3 Å². The Morgan fingerprint density at radius 3 is 1.12 bits per heavy atom. The highest BCUT2D eigenvalue weighted by atomic mass is 32.2. The molecule has 0 aliphatic heterocycles. The second-order valence-corrected chi connectivity index (χ2v) is 18.2. The number of nitrogens with one attached hydrogen (secondary N) is 2. The van der Waals surface area contributed by atoms with Crippen LogP contribution in [-0.2, 0) is 40.5 Å². The molecular weight excluding hydrogens is 845 g/mol. The number of anilines is 4. The second kappa shape index (κ2) is 14.4. The van der Waals surface area contributed by atoms with Crippen LogP contribution in [0.5, 0.6) is 0 Å². The summed E-state index contributed by atoms with van der Waals surface area (Å²) >= 11 is 0. The van der Waals surface area contributed by atoms with Gasteiger partial charge in [0.15, 0.2) is 0 Å². The summed E-state index contributed by atoms with van der Waals surface area (Å²) in [7, 11) is -20.4. The van der Waals surface area contributed by atoms with Crippen molar-refractivity contribution in [2.75, 3.05) is 22.3 Å². The van der Waals surface area contributed by atoms with E-state index in [2.05, 4.69) is 21.1 Å². The number of fused-ring (bicyclic) bond motifs is 2. The molecule has 0 heterocycles. The van der Waals surface area contributed by atoms with Gasteiger partial charge in [0.25, 0.3) is 40.5 Å². The lowest BCUT2D eigenvalue weighted by Gasteiger charge is -2.18. The largest absolute Gasteiger partial charge is 0.397 e. The number of nitrogen functional groups attached to an aromatic ring is 2. The lowest BCUT2D eigenvalue weighted by molar-refractivity contribution is 0.105. The summed E-state index contributed by atoms with van der Waals surface area (Å²) in [6, 6.07) is 11.2. The van der Waals surface area contributed by atoms with Gasteiger partial charge in [-0.3, -0.25) is 38.7 Å². The predicted molar refractivity (Wildman–Crippen MR) is 211 cm³/mol. The van der Waals surface area contributed by atoms with Crippen molar-refractivity contribution < 1.29 is 61.5 Å². The Balaban J connectivity index is 1.23. The van der Waals surface area contributed by atoms with Crippen LogP contribution in [-0.4, -0.2) is 74.9 Å². The number of aryl methyl sites for hydroxylation is 2. The van der Waals surface area contributed by atoms with Gasteiger partial charge in [0.05, 0.1) is 33.9 Å². The minimum Gasteiger partial charge on any atom is -0.397 e. The van der Waals surface area contributed by atoms with Crippen molar-refractivity contribution in [1.29, 1.82) is 0 Å². The zero-order valence-corrected chi connectivity index (χ0v) is 32.7. The van der Waals surface area contributed by atoms with Gasteiger partial charge >= 0.3 is 0 Å². The molecule has 0 unspecified atom stereocenters. The Morgan fingerprint density at radius 1 is 0.500 bits per heavy atom. The van der Waals surface area contributed by atoms with Gasteiger partial charge in [0.2, 0.25) is 11.6 Å². The monoisotopic (exact) mass is 872 g/mol. The number of hydrogen-bond donors (Lipinski definition) is 8. The fourth-order valence-electron chi connectivity index (χ4n) is 6.09. The van der Waals surface area contributed by atoms with Crippen molar-refractivity contribution in [3.63, 3.8) is 0 Å². The number of benzene rings is 4. The fourth-order valence-corrected chi connectivity index (χ4v) is 8.96. The molecule has 0 aromatic heterocycles. The van der Waals surface area contributed by atoms with Gasteiger partial charge in [-0.05, 0) is 84.7 Å². The molecule has 4 aromatic carbocycles. The highest BCUT2D eigenvalue weighted by Crippen LogP contribution is 2.37. The maximum absolute atomic E-state index is 13.4. The van der Waals surface area contributed by atoms with E-state index in [0.717, 1.165) is 35.4 Å². The van der Waals surface area contributed by atoms with E-state index in [9.17, 15) is 61.5 Å². The van der Waals surface area contributed by atoms with E-state index < -0.39 is 105 Å². The third-order valence-corrected chi connectivity index (χ3v) is 12.5. The minimum atomic E-state index is -5.12. The van der Waals surface area contributed by atoms with Crippen LogP contribution in [0.2, 0.25) is 0 Å². The van der Waals surface area contributed by atoms with Gasteiger partial charge < -0.3 is 11.5 Å². The smallest absolute Gasteiger partial charge is 0.296 e. The number of hydrazone groups is 2. The van der Waals surface area contributed by atoms with Crippen molar-refractivity contribution in [1.82, 2.24) is 0 Å². The summed E-state index contributed by atoms with van der Waals surface area (Å²) < 4.78 is 134. The molecule has 6 rings (SSSR count). The molecule has 2 aliphatic carbocycles. The molecule has 0 fully saturated rings. The average Bonchev–Trinajstić information content (AvgIpc) is 3.09. The van der Waals surface area contributed by atoms with E-state index in [1.165, 1.54) is 0 Å². The molecule has 0 spiro atoms. The van der Waals surface area contributed by atoms with Crippen LogP contribution >= 0.6 is 0 Å². The topological polar surface area (TPSA) is 352 Å². The molecule has 302 valence electrons. The van der Waals surface area contributed by atoms with Gasteiger partial charge in [0, 0.05) is 11.1 Å². The Bertz CT molecular complexity index is 2930. The number of nitrogens with zero attached hydrogens (tertiary/aromatic N) is 2. The molecule has 0 saturated heterocycles. The summed E-state index contributed by atoms with van der Waals surface area (Å²) in [4.78, 5) is 22.6. The number of carbonyl (C=O) groups is 2. The molecule has 24 heteroatoms. The lowest BCUT2D eigenvalue weighted by Crippen LogP contribution is -2.23. The third-order valence-electron chi connectivity index (χ3n) is 8.89. The van der Waals surface area contributed by atoms with Gasteiger partial charge in [0.1, 0.15) is 31.0 Å². The van der Waals surface area contributed by atoms with Gasteiger partial charge in [-0.15, -0.1) is 0 Å². The first kappa shape index (κ1) is 41.5. The molecule has 0 radical (unpaired) electrons. The molecule has 0 bridgehead atoms. The number of Topliss-reactive ketones (excluding diaryl/α,β-unsaturated/α-hetero) is 2. The number of allylic oxidation sites excluding steroid dienone is 2. The van der Waals surface area contributed by atoms with Crippen LogP contribution in [0, 0.1) is 13.8 Å². The molecular formula is C34H28N6O14S4. The van der Waals surface area contributed by atoms with Crippen molar-refractivity contribution >= 4 is 98.4 Å². The van der Waals surface area contributed by atoms with E-state index in [-0.39, 0.29) is 11.4 Å². The highest BCUT2D eigenvalue weighted by Gasteiger charge is 2.34. The van der Waals surface area contributed by atoms with Crippen molar-refractivity contribution in [3.05, 3.63) is 94.1 Å². The molecule has 0 atom stereocenters. The maximum Gasteiger partial charge on any atom is 0.296 e. The lowest BCUT2D eigenvalue weighted by atomic mass is 9.93. The van der Waals surface area contributed by atoms with Crippen LogP contribution in [0.1, 0.15) is 43.0 Å². The van der Waals surface area contributed by atoms with E-state index in [0.29, 0.717) is 34.6 Å². The zero-order chi connectivity index (χ0) is 42.9. The van der Waals surface area contributed by atoms with Gasteiger partial charge in [-0.1, -0.05) is 24.3 Å². The van der Waals surface area contributed by atoms with Crippen LogP contribution < -0.4 is 22.3 Å². The second-order valence-electron chi connectivity index (χ2n) is 12.7. The van der Waals surface area contributed by atoms with Crippen LogP contribution in [0.15, 0.2) is 90.5 Å². The minimum absolute atomic E-state index is 0.317. The summed E-state index contributed by atoms with van der Waals surface area (Å²) in [5.41, 5.74) is 16.6. The molecule has 0 saturated carbocycles. The third kappa shape index (κ3) is 7.77. The Kier molecular flexibility index (Phi) is 10.3. The van der Waals surface area contributed by atoms with Crippen LogP contribution in [0.4, 0.5) is 22.7 Å². The molecule has 58 heavy (non-hydrogen) atoms. The first-order chi connectivity index (χ1) is 26.8. The normalized spacial score (nSPS) is 15.8. The number of rotatable bonds is 9. The SMILES string of the molecule is Cc1cc(-c2ccc(N/N=C3\C=Cc4c(S(=O)(=O)O)cc(S(=O)(=O)O)c(N)c4C3=O)c(C)c2)ccc1N/N=C1\C=Cc2c(S(=O)(=O)O)cc(S(=O)(=O)O)c(N)c2C1=O. The van der Waals surface area contributed by atoms with Gasteiger partial charge in [-0.25, -0.2) is 0 Å². The average molecular weight is 873 g/mol. The van der Waals surface area contributed by atoms with E-state index >= 15 is 0 Å². The highest BCUT2D eigenvalue weighted by molar-refractivity contribution is 7.87. The van der Waals surface area contributed by atoms with E-state index in [4.69, 9.17) is 11.5 Å². The first-order valence-electron chi connectivity index (χ1n) is 16.0. The maximum atomic E-state index is 13.4. The van der Waals surface area contributed by atoms with Crippen molar-refractivity contribution in [3.8, 4) is 11.1 Å². The quantitative estimate of drug-likeness (QED) is 0.0678. The Hall–Kier alpha value is -6.12. The molecule has 20 nitrogen and oxygen atoms in total. The summed E-state index contributed by atoms with van der Waals surface area (Å²) in [5, 5.41) is 8.15. The van der Waals surface area contributed by atoms with E-state index in [1.807, 2.05) is 0 Å². The number of ketones is 2. The fraction of sp³-hybridized carbons (Fsp3) is 0.0588. The number of carbonyl (C=O) groups excluding carboxylic acids is 2. The van der Waals surface area contributed by atoms with Gasteiger partial charge in [-0.2, -0.15) is 43.9 Å². The standard InChI is InChI=1S/C34H28N6O14S4/c1-15-11-17(3-7-21(15)37-39-23-9-5-19-25(55(43,44)45)13-27(57(49,50)51)31(35)29(19)33(23)41)18-4-8-22(16(2)12-18)38-40-24-10-6-20-26(56(46,47)48)14-28(58(52,53)54)32(36)30(20)34(24)42/h3-14,37-38H,35-36H2,1-2H3,(H,43,44,45)(H,46,47,48)(H,49,50,51)(H,52,53,54)/b39-23+,40-24+. The molecule has 10 N–H and O–H groups in total. The van der Waals surface area contributed by atoms with Crippen molar-refractivity contribution in [2.24, 2.45) is 10.2 Å². The molecule has 2 aliphatic rings. The predicted octanol–water partition coefficient (Wildman–Crippen LogP) is 3.48. The Labute approximate surface area is 329 Å². The number of nitrogens with two attached hydrogens (primary N) is 2.